The SMILES string of the molecule is FC(F)(F)Oc1cc(Br)ccc1SNC1CCCCCC1. The van der Waals surface area contributed by atoms with Gasteiger partial charge in [-0.25, -0.2) is 0 Å². The van der Waals surface area contributed by atoms with E-state index in [0.717, 1.165) is 12.8 Å². The summed E-state index contributed by atoms with van der Waals surface area (Å²) in [5.41, 5.74) is 0. The highest BCUT2D eigenvalue weighted by Gasteiger charge is 2.32. The van der Waals surface area contributed by atoms with E-state index in [1.807, 2.05) is 0 Å². The third kappa shape index (κ3) is 6.08. The van der Waals surface area contributed by atoms with Crippen LogP contribution in [0.1, 0.15) is 38.5 Å². The number of hydrogen-bond acceptors (Lipinski definition) is 3. The predicted molar refractivity (Wildman–Crippen MR) is 81.3 cm³/mol. The van der Waals surface area contributed by atoms with E-state index in [0.29, 0.717) is 15.4 Å². The summed E-state index contributed by atoms with van der Waals surface area (Å²) in [4.78, 5) is 0.444. The molecular weight excluding hydrogens is 367 g/mol. The molecule has 0 aliphatic heterocycles. The predicted octanol–water partition coefficient (Wildman–Crippen LogP) is 5.67. The molecular formula is C14H17BrF3NOS. The van der Waals surface area contributed by atoms with Crippen LogP contribution in [-0.2, 0) is 0 Å². The van der Waals surface area contributed by atoms with Gasteiger partial charge in [0.05, 0.1) is 4.90 Å². The number of ether oxygens (including phenoxy) is 1. The molecule has 118 valence electrons. The van der Waals surface area contributed by atoms with Gasteiger partial charge in [0.25, 0.3) is 0 Å². The number of nitrogens with one attached hydrogen (secondary N) is 1. The van der Waals surface area contributed by atoms with Gasteiger partial charge < -0.3 is 4.74 Å². The average molecular weight is 384 g/mol. The molecule has 2 rings (SSSR count). The van der Waals surface area contributed by atoms with E-state index in [9.17, 15) is 13.2 Å². The van der Waals surface area contributed by atoms with E-state index >= 15 is 0 Å². The minimum Gasteiger partial charge on any atom is -0.405 e. The summed E-state index contributed by atoms with van der Waals surface area (Å²) in [7, 11) is 0. The van der Waals surface area contributed by atoms with Crippen molar-refractivity contribution in [2.45, 2.75) is 55.8 Å². The first-order chi connectivity index (χ1) is 9.94. The molecule has 0 radical (unpaired) electrons. The summed E-state index contributed by atoms with van der Waals surface area (Å²) in [6, 6.07) is 5.02. The van der Waals surface area contributed by atoms with Crippen molar-refractivity contribution in [1.82, 2.24) is 4.72 Å². The summed E-state index contributed by atoms with van der Waals surface area (Å²) in [6.45, 7) is 0. The third-order valence-corrected chi connectivity index (χ3v) is 4.82. The molecule has 1 aliphatic rings. The van der Waals surface area contributed by atoms with Gasteiger partial charge in [-0.05, 0) is 43.0 Å². The zero-order valence-corrected chi connectivity index (χ0v) is 13.8. The highest BCUT2D eigenvalue weighted by atomic mass is 79.9. The van der Waals surface area contributed by atoms with Gasteiger partial charge in [0.1, 0.15) is 5.75 Å². The van der Waals surface area contributed by atoms with E-state index in [4.69, 9.17) is 0 Å². The van der Waals surface area contributed by atoms with Crippen LogP contribution in [0.3, 0.4) is 0 Å². The molecule has 1 aliphatic carbocycles. The molecule has 0 heterocycles. The molecule has 0 spiro atoms. The van der Waals surface area contributed by atoms with E-state index < -0.39 is 6.36 Å². The Labute approximate surface area is 135 Å². The maximum atomic E-state index is 12.4. The lowest BCUT2D eigenvalue weighted by Gasteiger charge is -2.17. The van der Waals surface area contributed by atoms with Gasteiger partial charge >= 0.3 is 6.36 Å². The van der Waals surface area contributed by atoms with Crippen LogP contribution in [-0.4, -0.2) is 12.4 Å². The molecule has 0 amide bonds. The van der Waals surface area contributed by atoms with Gasteiger partial charge in [0.15, 0.2) is 0 Å². The quantitative estimate of drug-likeness (QED) is 0.534. The first kappa shape index (κ1) is 17.0. The summed E-state index contributed by atoms with van der Waals surface area (Å²) in [5.74, 6) is -0.178. The Balaban J connectivity index is 2.01. The molecule has 7 heteroatoms. The molecule has 1 aromatic rings. The van der Waals surface area contributed by atoms with Gasteiger partial charge in [0, 0.05) is 10.5 Å². The van der Waals surface area contributed by atoms with Crippen molar-refractivity contribution in [1.29, 1.82) is 0 Å². The van der Waals surface area contributed by atoms with Crippen LogP contribution in [0.15, 0.2) is 27.6 Å². The molecule has 1 saturated carbocycles. The molecule has 0 saturated heterocycles. The standard InChI is InChI=1S/C14H17BrF3NOS/c15-10-7-8-13(12(9-10)20-14(16,17)18)21-19-11-5-3-1-2-4-6-11/h7-9,11,19H,1-6H2. The second-order valence-electron chi connectivity index (χ2n) is 5.05. The fourth-order valence-electron chi connectivity index (χ4n) is 2.31. The van der Waals surface area contributed by atoms with Crippen molar-refractivity contribution in [2.24, 2.45) is 0 Å². The number of halogens is 4. The second kappa shape index (κ2) is 7.74. The fraction of sp³-hybridized carbons (Fsp3) is 0.571. The van der Waals surface area contributed by atoms with Crippen LogP contribution in [0.25, 0.3) is 0 Å². The Morgan fingerprint density at radius 3 is 2.43 bits per heavy atom. The van der Waals surface area contributed by atoms with Crippen LogP contribution in [0.4, 0.5) is 13.2 Å². The summed E-state index contributed by atoms with van der Waals surface area (Å²) in [5, 5.41) is 0. The van der Waals surface area contributed by atoms with Crippen molar-refractivity contribution < 1.29 is 17.9 Å². The van der Waals surface area contributed by atoms with Crippen LogP contribution >= 0.6 is 27.9 Å². The lowest BCUT2D eigenvalue weighted by molar-refractivity contribution is -0.275. The average Bonchev–Trinajstić information content (AvgIpc) is 2.64. The van der Waals surface area contributed by atoms with Crippen LogP contribution in [0.2, 0.25) is 0 Å². The second-order valence-corrected chi connectivity index (χ2v) is 6.84. The number of rotatable bonds is 4. The minimum absolute atomic E-state index is 0.178. The van der Waals surface area contributed by atoms with Gasteiger partial charge in [-0.3, -0.25) is 4.72 Å². The Kier molecular flexibility index (Phi) is 6.25. The largest absolute Gasteiger partial charge is 0.573 e. The first-order valence-electron chi connectivity index (χ1n) is 6.92. The van der Waals surface area contributed by atoms with Gasteiger partial charge in [-0.1, -0.05) is 41.6 Å². The van der Waals surface area contributed by atoms with Crippen molar-refractivity contribution in [3.05, 3.63) is 22.7 Å². The van der Waals surface area contributed by atoms with Crippen molar-refractivity contribution in [3.8, 4) is 5.75 Å². The van der Waals surface area contributed by atoms with Gasteiger partial charge in [0.2, 0.25) is 0 Å². The summed E-state index contributed by atoms with van der Waals surface area (Å²) < 4.78 is 45.2. The molecule has 0 aromatic heterocycles. The lowest BCUT2D eigenvalue weighted by atomic mass is 10.1. The summed E-state index contributed by atoms with van der Waals surface area (Å²) in [6.07, 6.45) is 2.28. The van der Waals surface area contributed by atoms with E-state index in [1.54, 1.807) is 12.1 Å². The van der Waals surface area contributed by atoms with Crippen LogP contribution in [0, 0.1) is 0 Å². The van der Waals surface area contributed by atoms with Crippen LogP contribution < -0.4 is 9.46 Å². The highest BCUT2D eigenvalue weighted by molar-refractivity contribution is 9.10. The first-order valence-corrected chi connectivity index (χ1v) is 8.53. The topological polar surface area (TPSA) is 21.3 Å². The van der Waals surface area contributed by atoms with E-state index in [2.05, 4.69) is 25.4 Å². The van der Waals surface area contributed by atoms with Crippen LogP contribution in [0.5, 0.6) is 5.75 Å². The normalized spacial score (nSPS) is 17.5. The maximum absolute atomic E-state index is 12.4. The van der Waals surface area contributed by atoms with Gasteiger partial charge in [-0.2, -0.15) is 0 Å². The highest BCUT2D eigenvalue weighted by Crippen LogP contribution is 2.35. The number of hydrogen-bond donors (Lipinski definition) is 1. The number of benzene rings is 1. The fourth-order valence-corrected chi connectivity index (χ4v) is 3.52. The third-order valence-electron chi connectivity index (χ3n) is 3.32. The molecule has 0 unspecified atom stereocenters. The summed E-state index contributed by atoms with van der Waals surface area (Å²) >= 11 is 4.38. The zero-order valence-electron chi connectivity index (χ0n) is 11.4. The Morgan fingerprint density at radius 1 is 1.14 bits per heavy atom. The molecule has 2 nitrogen and oxygen atoms in total. The van der Waals surface area contributed by atoms with E-state index in [-0.39, 0.29) is 5.75 Å². The maximum Gasteiger partial charge on any atom is 0.573 e. The smallest absolute Gasteiger partial charge is 0.405 e. The minimum atomic E-state index is -4.68. The Hall–Kier alpha value is -0.400. The van der Waals surface area contributed by atoms with Gasteiger partial charge in [-0.15, -0.1) is 13.2 Å². The number of alkyl halides is 3. The van der Waals surface area contributed by atoms with Crippen molar-refractivity contribution >= 4 is 27.9 Å². The van der Waals surface area contributed by atoms with Crippen molar-refractivity contribution in [3.63, 3.8) is 0 Å². The monoisotopic (exact) mass is 383 g/mol. The molecule has 0 bridgehead atoms. The molecule has 0 atom stereocenters. The molecule has 1 N–H and O–H groups in total. The Bertz CT molecular complexity index is 462. The zero-order chi connectivity index (χ0) is 15.3. The van der Waals surface area contributed by atoms with Crippen molar-refractivity contribution in [2.75, 3.05) is 0 Å². The van der Waals surface area contributed by atoms with E-state index in [1.165, 1.54) is 43.7 Å². The lowest BCUT2D eigenvalue weighted by Crippen LogP contribution is -2.22. The molecule has 1 fully saturated rings. The molecule has 1 aromatic carbocycles. The molecule has 21 heavy (non-hydrogen) atoms. The Morgan fingerprint density at radius 2 is 1.81 bits per heavy atom.